The van der Waals surface area contributed by atoms with Gasteiger partial charge in [0.1, 0.15) is 5.75 Å². The first kappa shape index (κ1) is 20.2. The van der Waals surface area contributed by atoms with E-state index in [1.54, 1.807) is 18.9 Å². The van der Waals surface area contributed by atoms with Gasteiger partial charge < -0.3 is 14.5 Å². The summed E-state index contributed by atoms with van der Waals surface area (Å²) in [6.07, 6.45) is 2.29. The van der Waals surface area contributed by atoms with Gasteiger partial charge in [-0.3, -0.25) is 9.69 Å². The number of hydrogen-bond donors (Lipinski definition) is 0. The lowest BCUT2D eigenvalue weighted by molar-refractivity contribution is -0.126. The number of methoxy groups -OCH3 is 1. The third-order valence-electron chi connectivity index (χ3n) is 4.77. The molecule has 0 spiro atoms. The highest BCUT2D eigenvalue weighted by atomic mass is 35.5. The van der Waals surface area contributed by atoms with Gasteiger partial charge in [-0.2, -0.15) is 0 Å². The number of carbonyl (C=O) groups excluding carboxylic acids is 1. The number of halogens is 1. The Labute approximate surface area is 161 Å². The third kappa shape index (κ3) is 5.69. The van der Waals surface area contributed by atoms with Crippen LogP contribution < -0.4 is 9.64 Å². The van der Waals surface area contributed by atoms with Gasteiger partial charge in [0.15, 0.2) is 0 Å². The molecule has 2 heterocycles. The first-order valence-electron chi connectivity index (χ1n) is 8.73. The molecule has 3 rings (SSSR count). The van der Waals surface area contributed by atoms with Gasteiger partial charge in [0.2, 0.25) is 5.91 Å². The molecule has 0 saturated carbocycles. The van der Waals surface area contributed by atoms with Crippen molar-refractivity contribution in [2.45, 2.75) is 12.8 Å². The first-order valence-corrected chi connectivity index (χ1v) is 9.88. The molecular formula is C18H28ClN3O2S. The molecule has 2 saturated heterocycles. The largest absolute Gasteiger partial charge is 0.497 e. The SMILES string of the molecule is COc1cccc(N2CCN(CCCCN3CSCC3=O)CC2)c1.Cl. The Balaban J connectivity index is 0.00000225. The van der Waals surface area contributed by atoms with Crippen molar-refractivity contribution in [1.29, 1.82) is 0 Å². The van der Waals surface area contributed by atoms with Crippen molar-refractivity contribution in [1.82, 2.24) is 9.80 Å². The standard InChI is InChI=1S/C18H27N3O2S.ClH/c1-23-17-6-4-5-16(13-17)20-11-9-19(10-12-20)7-2-3-8-21-15-24-14-18(21)22;/h4-6,13H,2-3,7-12,14-15H2,1H3;1H. The lowest BCUT2D eigenvalue weighted by Crippen LogP contribution is -2.46. The van der Waals surface area contributed by atoms with Crippen LogP contribution in [0, 0.1) is 0 Å². The number of unbranched alkanes of at least 4 members (excludes halogenated alkanes) is 1. The van der Waals surface area contributed by atoms with Crippen LogP contribution in [0.5, 0.6) is 5.75 Å². The Hall–Kier alpha value is -1.11. The smallest absolute Gasteiger partial charge is 0.233 e. The summed E-state index contributed by atoms with van der Waals surface area (Å²) in [6, 6.07) is 8.31. The van der Waals surface area contributed by atoms with Crippen LogP contribution in [0.25, 0.3) is 0 Å². The molecule has 140 valence electrons. The number of piperazine rings is 1. The molecule has 2 aliphatic rings. The fraction of sp³-hybridized carbons (Fsp3) is 0.611. The van der Waals surface area contributed by atoms with Crippen molar-refractivity contribution in [3.63, 3.8) is 0 Å². The molecule has 0 aliphatic carbocycles. The highest BCUT2D eigenvalue weighted by Gasteiger charge is 2.20. The van der Waals surface area contributed by atoms with Gasteiger partial charge >= 0.3 is 0 Å². The molecule has 0 N–H and O–H groups in total. The number of carbonyl (C=O) groups is 1. The fourth-order valence-corrected chi connectivity index (χ4v) is 4.21. The Bertz CT molecular complexity index is 553. The van der Waals surface area contributed by atoms with E-state index < -0.39 is 0 Å². The molecule has 2 aliphatic heterocycles. The highest BCUT2D eigenvalue weighted by molar-refractivity contribution is 8.00. The second-order valence-corrected chi connectivity index (χ2v) is 7.33. The topological polar surface area (TPSA) is 36.0 Å². The lowest BCUT2D eigenvalue weighted by Gasteiger charge is -2.36. The molecule has 0 unspecified atom stereocenters. The van der Waals surface area contributed by atoms with Gasteiger partial charge in [-0.1, -0.05) is 6.07 Å². The molecule has 0 aromatic heterocycles. The summed E-state index contributed by atoms with van der Waals surface area (Å²) in [5.74, 6) is 2.79. The van der Waals surface area contributed by atoms with E-state index in [0.717, 1.165) is 57.3 Å². The number of thioether (sulfide) groups is 1. The number of anilines is 1. The molecule has 1 aromatic rings. The summed E-state index contributed by atoms with van der Waals surface area (Å²) < 4.78 is 5.32. The summed E-state index contributed by atoms with van der Waals surface area (Å²) in [7, 11) is 1.71. The second-order valence-electron chi connectivity index (χ2n) is 6.37. The van der Waals surface area contributed by atoms with Crippen LogP contribution in [0.15, 0.2) is 24.3 Å². The van der Waals surface area contributed by atoms with E-state index in [-0.39, 0.29) is 12.4 Å². The van der Waals surface area contributed by atoms with E-state index in [1.807, 2.05) is 11.0 Å². The van der Waals surface area contributed by atoms with Crippen molar-refractivity contribution in [3.8, 4) is 5.75 Å². The molecule has 7 heteroatoms. The van der Waals surface area contributed by atoms with Crippen LogP contribution in [0.3, 0.4) is 0 Å². The van der Waals surface area contributed by atoms with Gasteiger partial charge in [-0.15, -0.1) is 24.2 Å². The van der Waals surface area contributed by atoms with E-state index in [0.29, 0.717) is 11.7 Å². The monoisotopic (exact) mass is 385 g/mol. The zero-order valence-corrected chi connectivity index (χ0v) is 16.5. The molecule has 0 bridgehead atoms. The van der Waals surface area contributed by atoms with Crippen LogP contribution in [-0.2, 0) is 4.79 Å². The summed E-state index contributed by atoms with van der Waals surface area (Å²) in [4.78, 5) is 18.5. The van der Waals surface area contributed by atoms with Gasteiger partial charge in [0, 0.05) is 44.5 Å². The normalized spacial score (nSPS) is 18.4. The van der Waals surface area contributed by atoms with Gasteiger partial charge in [-0.25, -0.2) is 0 Å². The zero-order valence-electron chi connectivity index (χ0n) is 14.9. The molecule has 1 amide bonds. The predicted molar refractivity (Wildman–Crippen MR) is 107 cm³/mol. The Morgan fingerprint density at radius 1 is 1.12 bits per heavy atom. The summed E-state index contributed by atoms with van der Waals surface area (Å²) in [5, 5.41) is 0. The van der Waals surface area contributed by atoms with Gasteiger partial charge in [0.25, 0.3) is 0 Å². The zero-order chi connectivity index (χ0) is 16.8. The number of ether oxygens (including phenoxy) is 1. The van der Waals surface area contributed by atoms with Crippen molar-refractivity contribution < 1.29 is 9.53 Å². The minimum absolute atomic E-state index is 0. The maximum Gasteiger partial charge on any atom is 0.233 e. The van der Waals surface area contributed by atoms with Crippen LogP contribution >= 0.6 is 24.2 Å². The molecule has 2 fully saturated rings. The lowest BCUT2D eigenvalue weighted by atomic mass is 10.2. The average molecular weight is 386 g/mol. The van der Waals surface area contributed by atoms with Crippen LogP contribution in [0.2, 0.25) is 0 Å². The van der Waals surface area contributed by atoms with Crippen molar-refractivity contribution >= 4 is 35.8 Å². The summed E-state index contributed by atoms with van der Waals surface area (Å²) in [5.41, 5.74) is 1.25. The summed E-state index contributed by atoms with van der Waals surface area (Å²) in [6.45, 7) is 6.41. The molecule has 25 heavy (non-hydrogen) atoms. The van der Waals surface area contributed by atoms with Crippen molar-refractivity contribution in [2.75, 3.05) is 62.9 Å². The Morgan fingerprint density at radius 3 is 2.56 bits per heavy atom. The van der Waals surface area contributed by atoms with E-state index in [4.69, 9.17) is 4.74 Å². The van der Waals surface area contributed by atoms with E-state index in [9.17, 15) is 4.79 Å². The summed E-state index contributed by atoms with van der Waals surface area (Å²) >= 11 is 1.73. The van der Waals surface area contributed by atoms with E-state index >= 15 is 0 Å². The molecule has 5 nitrogen and oxygen atoms in total. The first-order chi connectivity index (χ1) is 11.8. The number of benzene rings is 1. The van der Waals surface area contributed by atoms with Crippen LogP contribution in [0.4, 0.5) is 5.69 Å². The Kier molecular flexibility index (Phi) is 8.19. The highest BCUT2D eigenvalue weighted by Crippen LogP contribution is 2.22. The van der Waals surface area contributed by atoms with Crippen molar-refractivity contribution in [2.24, 2.45) is 0 Å². The third-order valence-corrected chi connectivity index (χ3v) is 5.71. The van der Waals surface area contributed by atoms with E-state index in [2.05, 4.69) is 28.0 Å². The average Bonchev–Trinajstić information content (AvgIpc) is 3.04. The maximum absolute atomic E-state index is 11.6. The molecule has 1 aromatic carbocycles. The fourth-order valence-electron chi connectivity index (χ4n) is 3.27. The number of hydrogen-bond acceptors (Lipinski definition) is 5. The molecule has 0 atom stereocenters. The molecule has 0 radical (unpaired) electrons. The number of amides is 1. The van der Waals surface area contributed by atoms with Crippen molar-refractivity contribution in [3.05, 3.63) is 24.3 Å². The van der Waals surface area contributed by atoms with Gasteiger partial charge in [-0.05, 0) is 31.5 Å². The number of nitrogens with zero attached hydrogens (tertiary/aromatic N) is 3. The van der Waals surface area contributed by atoms with Gasteiger partial charge in [0.05, 0.1) is 18.7 Å². The minimum Gasteiger partial charge on any atom is -0.497 e. The van der Waals surface area contributed by atoms with Crippen LogP contribution in [0.1, 0.15) is 12.8 Å². The second kappa shape index (κ2) is 10.1. The predicted octanol–water partition coefficient (Wildman–Crippen LogP) is 2.55. The minimum atomic E-state index is 0. The Morgan fingerprint density at radius 2 is 1.88 bits per heavy atom. The quantitative estimate of drug-likeness (QED) is 0.674. The molecular weight excluding hydrogens is 358 g/mol. The van der Waals surface area contributed by atoms with Crippen LogP contribution in [-0.4, -0.2) is 73.7 Å². The number of rotatable bonds is 7. The van der Waals surface area contributed by atoms with E-state index in [1.165, 1.54) is 12.1 Å². The maximum atomic E-state index is 11.6.